The van der Waals surface area contributed by atoms with E-state index in [9.17, 15) is 9.59 Å². The maximum absolute atomic E-state index is 12.0. The highest BCUT2D eigenvalue weighted by Crippen LogP contribution is 2.25. The maximum Gasteiger partial charge on any atom is 0.321 e. The number of para-hydroxylation sites is 1. The molecule has 0 saturated carbocycles. The molecule has 1 fully saturated rings. The third-order valence-corrected chi connectivity index (χ3v) is 3.99. The summed E-state index contributed by atoms with van der Waals surface area (Å²) in [5.74, 6) is -0.289. The molecule has 0 radical (unpaired) electrons. The molecule has 2 N–H and O–H groups in total. The number of nitrogens with zero attached hydrogens (tertiary/aromatic N) is 2. The SMILES string of the molecule is CC(C)(C)NC(=O)NC(=O)CN1CCN(c2ccccc2Cl)CC1. The van der Waals surface area contributed by atoms with E-state index in [1.54, 1.807) is 0 Å². The molecule has 1 aromatic rings. The van der Waals surface area contributed by atoms with Crippen molar-refractivity contribution in [1.82, 2.24) is 15.5 Å². The van der Waals surface area contributed by atoms with Crippen LogP contribution in [0.5, 0.6) is 0 Å². The number of piperazine rings is 1. The van der Waals surface area contributed by atoms with Gasteiger partial charge in [-0.3, -0.25) is 15.0 Å². The van der Waals surface area contributed by atoms with Gasteiger partial charge in [-0.1, -0.05) is 23.7 Å². The second-order valence-corrected chi connectivity index (χ2v) is 7.37. The second-order valence-electron chi connectivity index (χ2n) is 6.97. The molecule has 0 aliphatic carbocycles. The van der Waals surface area contributed by atoms with Gasteiger partial charge in [0.2, 0.25) is 5.91 Å². The number of imide groups is 1. The standard InChI is InChI=1S/C17H25ClN4O2/c1-17(2,3)20-16(24)19-15(23)12-21-8-10-22(11-9-21)14-7-5-4-6-13(14)18/h4-7H,8-12H2,1-3H3,(H2,19,20,23,24). The average molecular weight is 353 g/mol. The summed E-state index contributed by atoms with van der Waals surface area (Å²) in [6.45, 7) is 8.91. The highest BCUT2D eigenvalue weighted by molar-refractivity contribution is 6.33. The smallest absolute Gasteiger partial charge is 0.321 e. The molecule has 1 aliphatic rings. The number of anilines is 1. The van der Waals surface area contributed by atoms with Gasteiger partial charge in [0, 0.05) is 31.7 Å². The molecule has 1 aromatic carbocycles. The minimum Gasteiger partial charge on any atom is -0.368 e. The molecule has 0 spiro atoms. The van der Waals surface area contributed by atoms with E-state index < -0.39 is 6.03 Å². The Bertz CT molecular complexity index is 592. The second kappa shape index (κ2) is 7.85. The third kappa shape index (κ3) is 5.69. The van der Waals surface area contributed by atoms with Crippen LogP contribution in [0.2, 0.25) is 5.02 Å². The molecule has 132 valence electrons. The van der Waals surface area contributed by atoms with Crippen molar-refractivity contribution in [2.75, 3.05) is 37.6 Å². The van der Waals surface area contributed by atoms with Gasteiger partial charge in [0.15, 0.2) is 0 Å². The van der Waals surface area contributed by atoms with Gasteiger partial charge in [0.25, 0.3) is 0 Å². The Morgan fingerprint density at radius 2 is 1.75 bits per heavy atom. The Kier molecular flexibility index (Phi) is 6.07. The number of halogens is 1. The Morgan fingerprint density at radius 3 is 2.33 bits per heavy atom. The molecular formula is C17H25ClN4O2. The summed E-state index contributed by atoms with van der Waals surface area (Å²) in [4.78, 5) is 27.9. The molecule has 1 heterocycles. The zero-order valence-electron chi connectivity index (χ0n) is 14.4. The van der Waals surface area contributed by atoms with Crippen molar-refractivity contribution in [3.63, 3.8) is 0 Å². The monoisotopic (exact) mass is 352 g/mol. The number of nitrogens with one attached hydrogen (secondary N) is 2. The lowest BCUT2D eigenvalue weighted by molar-refractivity contribution is -0.121. The first-order valence-electron chi connectivity index (χ1n) is 8.08. The van der Waals surface area contributed by atoms with Gasteiger partial charge in [-0.25, -0.2) is 4.79 Å². The molecule has 3 amide bonds. The van der Waals surface area contributed by atoms with Gasteiger partial charge in [-0.2, -0.15) is 0 Å². The van der Waals surface area contributed by atoms with Crippen LogP contribution < -0.4 is 15.5 Å². The fourth-order valence-electron chi connectivity index (χ4n) is 2.60. The van der Waals surface area contributed by atoms with Crippen LogP contribution >= 0.6 is 11.6 Å². The van der Waals surface area contributed by atoms with Crippen LogP contribution in [0.1, 0.15) is 20.8 Å². The van der Waals surface area contributed by atoms with E-state index in [-0.39, 0.29) is 18.0 Å². The number of rotatable bonds is 3. The maximum atomic E-state index is 12.0. The predicted molar refractivity (Wildman–Crippen MR) is 96.5 cm³/mol. The predicted octanol–water partition coefficient (Wildman–Crippen LogP) is 2.09. The fourth-order valence-corrected chi connectivity index (χ4v) is 2.85. The number of hydrogen-bond donors (Lipinski definition) is 2. The fraction of sp³-hybridized carbons (Fsp3) is 0.529. The Hall–Kier alpha value is -1.79. The van der Waals surface area contributed by atoms with Crippen molar-refractivity contribution >= 4 is 29.2 Å². The zero-order chi connectivity index (χ0) is 17.7. The van der Waals surface area contributed by atoms with E-state index in [1.165, 1.54) is 0 Å². The number of benzene rings is 1. The van der Waals surface area contributed by atoms with E-state index in [0.717, 1.165) is 36.9 Å². The van der Waals surface area contributed by atoms with Crippen LogP contribution in [0.25, 0.3) is 0 Å². The molecular weight excluding hydrogens is 328 g/mol. The van der Waals surface area contributed by atoms with Crippen LogP contribution in [0.3, 0.4) is 0 Å². The number of urea groups is 1. The first-order chi connectivity index (χ1) is 11.2. The normalized spacial score (nSPS) is 15.9. The number of carbonyl (C=O) groups is 2. The minimum absolute atomic E-state index is 0.216. The van der Waals surface area contributed by atoms with E-state index in [1.807, 2.05) is 49.9 Å². The molecule has 0 aromatic heterocycles. The summed E-state index contributed by atoms with van der Waals surface area (Å²) < 4.78 is 0. The van der Waals surface area contributed by atoms with Gasteiger partial charge < -0.3 is 10.2 Å². The van der Waals surface area contributed by atoms with Gasteiger partial charge in [0.05, 0.1) is 17.3 Å². The van der Waals surface area contributed by atoms with E-state index in [2.05, 4.69) is 15.5 Å². The largest absolute Gasteiger partial charge is 0.368 e. The summed E-state index contributed by atoms with van der Waals surface area (Å²) in [5, 5.41) is 5.82. The molecule has 7 heteroatoms. The molecule has 0 unspecified atom stereocenters. The van der Waals surface area contributed by atoms with Gasteiger partial charge in [0.1, 0.15) is 0 Å². The lowest BCUT2D eigenvalue weighted by atomic mass is 10.1. The third-order valence-electron chi connectivity index (χ3n) is 3.67. The summed E-state index contributed by atoms with van der Waals surface area (Å²) in [6.07, 6.45) is 0. The molecule has 6 nitrogen and oxygen atoms in total. The highest BCUT2D eigenvalue weighted by Gasteiger charge is 2.22. The Balaban J connectivity index is 1.78. The van der Waals surface area contributed by atoms with Crippen molar-refractivity contribution < 1.29 is 9.59 Å². The van der Waals surface area contributed by atoms with Crippen molar-refractivity contribution in [2.24, 2.45) is 0 Å². The zero-order valence-corrected chi connectivity index (χ0v) is 15.2. The lowest BCUT2D eigenvalue weighted by Crippen LogP contribution is -2.53. The van der Waals surface area contributed by atoms with Gasteiger partial charge in [-0.05, 0) is 32.9 Å². The van der Waals surface area contributed by atoms with Crippen molar-refractivity contribution in [1.29, 1.82) is 0 Å². The molecule has 2 rings (SSSR count). The highest BCUT2D eigenvalue weighted by atomic mass is 35.5. The Labute approximate surface area is 148 Å². The molecule has 24 heavy (non-hydrogen) atoms. The summed E-state index contributed by atoms with van der Waals surface area (Å²) in [6, 6.07) is 7.30. The van der Waals surface area contributed by atoms with E-state index in [4.69, 9.17) is 11.6 Å². The first-order valence-corrected chi connectivity index (χ1v) is 8.46. The molecule has 0 bridgehead atoms. The number of amides is 3. The summed E-state index contributed by atoms with van der Waals surface area (Å²) >= 11 is 6.22. The molecule has 1 saturated heterocycles. The quantitative estimate of drug-likeness (QED) is 0.874. The van der Waals surface area contributed by atoms with Crippen LogP contribution in [0.15, 0.2) is 24.3 Å². The minimum atomic E-state index is -0.456. The van der Waals surface area contributed by atoms with Crippen molar-refractivity contribution in [3.8, 4) is 0 Å². The number of carbonyl (C=O) groups excluding carboxylic acids is 2. The van der Waals surface area contributed by atoms with Crippen LogP contribution in [-0.2, 0) is 4.79 Å². The lowest BCUT2D eigenvalue weighted by Gasteiger charge is -2.36. The van der Waals surface area contributed by atoms with Crippen molar-refractivity contribution in [3.05, 3.63) is 29.3 Å². The number of hydrogen-bond acceptors (Lipinski definition) is 4. The van der Waals surface area contributed by atoms with Crippen LogP contribution in [0, 0.1) is 0 Å². The van der Waals surface area contributed by atoms with Gasteiger partial charge >= 0.3 is 6.03 Å². The van der Waals surface area contributed by atoms with E-state index >= 15 is 0 Å². The average Bonchev–Trinajstić information content (AvgIpc) is 2.46. The Morgan fingerprint density at radius 1 is 1.12 bits per heavy atom. The van der Waals surface area contributed by atoms with Crippen LogP contribution in [0.4, 0.5) is 10.5 Å². The molecule has 1 aliphatic heterocycles. The summed E-state index contributed by atoms with van der Waals surface area (Å²) in [7, 11) is 0. The van der Waals surface area contributed by atoms with Gasteiger partial charge in [-0.15, -0.1) is 0 Å². The first kappa shape index (κ1) is 18.5. The molecule has 0 atom stereocenters. The van der Waals surface area contributed by atoms with Crippen molar-refractivity contribution in [2.45, 2.75) is 26.3 Å². The van der Waals surface area contributed by atoms with Crippen LogP contribution in [-0.4, -0.2) is 55.1 Å². The summed E-state index contributed by atoms with van der Waals surface area (Å²) in [5.41, 5.74) is 0.651. The topological polar surface area (TPSA) is 64.7 Å². The van der Waals surface area contributed by atoms with E-state index in [0.29, 0.717) is 0 Å².